The van der Waals surface area contributed by atoms with Crippen molar-refractivity contribution in [1.82, 2.24) is 4.94 Å². The Morgan fingerprint density at radius 1 is 1.80 bits per heavy atom. The van der Waals surface area contributed by atoms with E-state index in [0.717, 1.165) is 0 Å². The third-order valence-electron chi connectivity index (χ3n) is 0.0345. The Morgan fingerprint density at radius 3 is 2.00 bits per heavy atom. The number of hydrogen-bond donors (Lipinski definition) is 1. The van der Waals surface area contributed by atoms with Gasteiger partial charge in [-0.05, 0) is 0 Å². The summed E-state index contributed by atoms with van der Waals surface area (Å²) >= 11 is 4.46. The largest absolute Gasteiger partial charge is 0.182 e. The normalized spacial score (nSPS) is 4.20. The monoisotopic (exact) mass is 183 g/mol. The van der Waals surface area contributed by atoms with Crippen molar-refractivity contribution >= 4 is 11.8 Å². The molecule has 0 unspecified atom stereocenters. The van der Waals surface area contributed by atoms with E-state index in [-0.39, 0.29) is 19.5 Å². The van der Waals surface area contributed by atoms with E-state index < -0.39 is 0 Å². The molecule has 0 spiro atoms. The van der Waals surface area contributed by atoms with Crippen molar-refractivity contribution in [2.45, 2.75) is 0 Å². The van der Waals surface area contributed by atoms with Crippen LogP contribution in [0.25, 0.3) is 0 Å². The number of nitrogens with one attached hydrogen (secondary N) is 1. The Hall–Kier alpha value is 0.313. The van der Waals surface area contributed by atoms with Gasteiger partial charge in [0.1, 0.15) is 0 Å². The second-order valence-corrected chi connectivity index (χ2v) is 0.345. The molecule has 0 heterocycles. The minimum absolute atomic E-state index is 0. The zero-order valence-electron chi connectivity index (χ0n) is 2.07. The summed E-state index contributed by atoms with van der Waals surface area (Å²) < 4.78 is 0. The molecule has 0 saturated carbocycles. The predicted molar refractivity (Wildman–Crippen MR) is 14.8 cm³/mol. The van der Waals surface area contributed by atoms with E-state index in [1.807, 2.05) is 5.29 Å². The van der Waals surface area contributed by atoms with Crippen molar-refractivity contribution in [3.05, 3.63) is 4.91 Å². The van der Waals surface area contributed by atoms with Crippen LogP contribution in [-0.2, 0) is 19.5 Å². The maximum Gasteiger partial charge on any atom is 0.0658 e. The van der Waals surface area contributed by atoms with Crippen molar-refractivity contribution in [3.63, 3.8) is 0 Å². The van der Waals surface area contributed by atoms with Crippen LogP contribution in [0.5, 0.6) is 0 Å². The molecule has 0 aromatic carbocycles. The minimum Gasteiger partial charge on any atom is -0.182 e. The van der Waals surface area contributed by atoms with E-state index in [1.54, 1.807) is 0 Å². The zero-order valence-corrected chi connectivity index (χ0v) is 4.46. The minimum atomic E-state index is 0. The summed E-state index contributed by atoms with van der Waals surface area (Å²) in [5.41, 5.74) is 0. The van der Waals surface area contributed by atoms with E-state index in [2.05, 4.69) is 11.8 Å². The molecular formula is HClN2ORh. The number of halogens is 1. The standard InChI is InChI=1S/ClHN2O.Rh/c1-2-3-4;/h(H,2,4);. The van der Waals surface area contributed by atoms with Crippen LogP contribution in [0, 0.1) is 4.91 Å². The molecule has 0 amide bonds. The smallest absolute Gasteiger partial charge is 0.0658 e. The number of hydrogen-bond acceptors (Lipinski definition) is 2. The second kappa shape index (κ2) is 8.85. The number of rotatable bonds is 1. The molecule has 0 rings (SSSR count). The average Bonchev–Trinajstić information content (AvgIpc) is 1.37. The molecule has 5 heavy (non-hydrogen) atoms. The molecular weight excluding hydrogens is 182 g/mol. The molecule has 0 aliphatic heterocycles. The third kappa shape index (κ3) is 13.4. The van der Waals surface area contributed by atoms with Crippen LogP contribution < -0.4 is 4.94 Å². The molecule has 3 nitrogen and oxygen atoms in total. The Labute approximate surface area is 46.9 Å². The van der Waals surface area contributed by atoms with Gasteiger partial charge < -0.3 is 0 Å². The molecule has 0 bridgehead atoms. The molecule has 0 aromatic rings. The summed E-state index contributed by atoms with van der Waals surface area (Å²) in [6.07, 6.45) is 0. The van der Waals surface area contributed by atoms with Crippen LogP contribution in [0.15, 0.2) is 5.29 Å². The van der Waals surface area contributed by atoms with E-state index >= 15 is 0 Å². The van der Waals surface area contributed by atoms with E-state index in [0.29, 0.717) is 0 Å². The average molecular weight is 183 g/mol. The van der Waals surface area contributed by atoms with Crippen molar-refractivity contribution < 1.29 is 19.5 Å². The van der Waals surface area contributed by atoms with Crippen LogP contribution in [0.1, 0.15) is 0 Å². The van der Waals surface area contributed by atoms with Gasteiger partial charge in [-0.3, -0.25) is 0 Å². The fraction of sp³-hybridized carbons (Fsp3) is 0. The molecule has 0 fully saturated rings. The van der Waals surface area contributed by atoms with Gasteiger partial charge in [0.2, 0.25) is 0 Å². The van der Waals surface area contributed by atoms with Crippen LogP contribution in [0.2, 0.25) is 0 Å². The van der Waals surface area contributed by atoms with Gasteiger partial charge in [0, 0.05) is 31.3 Å². The molecule has 0 aromatic heterocycles. The summed E-state index contributed by atoms with van der Waals surface area (Å²) in [5.74, 6) is 0. The maximum absolute atomic E-state index is 8.68. The fourth-order valence-corrected chi connectivity index (χ4v) is 0. The Kier molecular flexibility index (Phi) is 15.9. The maximum atomic E-state index is 8.68. The molecule has 33 valence electrons. The van der Waals surface area contributed by atoms with E-state index in [9.17, 15) is 0 Å². The number of nitrogens with zero attached hydrogens (tertiary/aromatic N) is 1. The van der Waals surface area contributed by atoms with Crippen LogP contribution in [0.3, 0.4) is 0 Å². The third-order valence-corrected chi connectivity index (χ3v) is 0.104. The molecule has 0 saturated heterocycles. The Bertz CT molecular complexity index is 23.6. The Balaban J connectivity index is 0. The molecule has 1 radical (unpaired) electrons. The first kappa shape index (κ1) is 9.00. The Morgan fingerprint density at radius 2 is 2.00 bits per heavy atom. The molecule has 1 N–H and O–H groups in total. The topological polar surface area (TPSA) is 41.5 Å². The number of nitroso groups, excluding NO2 is 1. The second-order valence-electron chi connectivity index (χ2n) is 0.176. The SMILES string of the molecule is O=NNCl.[Rh]. The first-order valence-electron chi connectivity index (χ1n) is 0.595. The van der Waals surface area contributed by atoms with Gasteiger partial charge in [0.05, 0.1) is 5.29 Å². The summed E-state index contributed by atoms with van der Waals surface area (Å²) in [7, 11) is 0. The summed E-state index contributed by atoms with van der Waals surface area (Å²) in [5, 5.41) is 2.00. The summed E-state index contributed by atoms with van der Waals surface area (Å²) in [6, 6.07) is 0. The zero-order chi connectivity index (χ0) is 3.41. The molecule has 0 aliphatic carbocycles. The summed E-state index contributed by atoms with van der Waals surface area (Å²) in [4.78, 5) is 10.2. The first-order valence-corrected chi connectivity index (χ1v) is 0.973. The van der Waals surface area contributed by atoms with Gasteiger partial charge in [0.25, 0.3) is 0 Å². The van der Waals surface area contributed by atoms with Crippen LogP contribution >= 0.6 is 11.8 Å². The first-order chi connectivity index (χ1) is 1.91. The van der Waals surface area contributed by atoms with Gasteiger partial charge >= 0.3 is 0 Å². The van der Waals surface area contributed by atoms with Crippen LogP contribution in [0.4, 0.5) is 0 Å². The van der Waals surface area contributed by atoms with Crippen molar-refractivity contribution in [1.29, 1.82) is 0 Å². The van der Waals surface area contributed by atoms with Gasteiger partial charge in [0.15, 0.2) is 0 Å². The van der Waals surface area contributed by atoms with E-state index in [1.165, 1.54) is 4.94 Å². The molecule has 5 heteroatoms. The van der Waals surface area contributed by atoms with Gasteiger partial charge in [-0.2, -0.15) is 4.94 Å². The van der Waals surface area contributed by atoms with E-state index in [4.69, 9.17) is 4.91 Å². The molecule has 0 atom stereocenters. The molecule has 0 aliphatic rings. The summed E-state index contributed by atoms with van der Waals surface area (Å²) in [6.45, 7) is 0. The fourth-order valence-electron chi connectivity index (χ4n) is 0. The van der Waals surface area contributed by atoms with Crippen molar-refractivity contribution in [2.24, 2.45) is 5.29 Å². The van der Waals surface area contributed by atoms with Crippen LogP contribution in [-0.4, -0.2) is 0 Å². The van der Waals surface area contributed by atoms with Gasteiger partial charge in [-0.25, -0.2) is 0 Å². The van der Waals surface area contributed by atoms with Crippen molar-refractivity contribution in [3.8, 4) is 0 Å². The van der Waals surface area contributed by atoms with Crippen molar-refractivity contribution in [2.75, 3.05) is 0 Å². The predicted octanol–water partition coefficient (Wildman–Crippen LogP) is 0.409. The van der Waals surface area contributed by atoms with Gasteiger partial charge in [-0.15, -0.1) is 4.91 Å². The van der Waals surface area contributed by atoms with Gasteiger partial charge in [-0.1, -0.05) is 0 Å². The quantitative estimate of drug-likeness (QED) is 0.277.